The number of nitrogens with zero attached hydrogens (tertiary/aromatic N) is 2. The third kappa shape index (κ3) is 5.78. The largest absolute Gasteiger partial charge is 0.497 e. The van der Waals surface area contributed by atoms with E-state index >= 15 is 0 Å². The molecule has 1 fully saturated rings. The van der Waals surface area contributed by atoms with Crippen molar-refractivity contribution >= 4 is 5.69 Å². The molecular formula is C26H30N2O3. The molecule has 1 aliphatic heterocycles. The number of benzene rings is 3. The Morgan fingerprint density at radius 1 is 0.774 bits per heavy atom. The van der Waals surface area contributed by atoms with Crippen LogP contribution >= 0.6 is 0 Å². The average Bonchev–Trinajstić information content (AvgIpc) is 2.84. The Kier molecular flexibility index (Phi) is 7.07. The molecule has 3 aromatic rings. The molecule has 1 aliphatic rings. The van der Waals surface area contributed by atoms with Crippen molar-refractivity contribution < 1.29 is 14.6 Å². The third-order valence-corrected chi connectivity index (χ3v) is 5.68. The van der Waals surface area contributed by atoms with Crippen LogP contribution in [0.25, 0.3) is 11.1 Å². The van der Waals surface area contributed by atoms with Crippen molar-refractivity contribution in [1.29, 1.82) is 0 Å². The Morgan fingerprint density at radius 2 is 1.39 bits per heavy atom. The molecule has 31 heavy (non-hydrogen) atoms. The molecule has 4 rings (SSSR count). The standard InChI is InChI=1S/C26H30N2O3/c1-30-25-13-9-23(10-14-25)28-17-15-27(16-18-28)19-24(29)20-31-26-11-7-22(8-12-26)21-5-3-2-4-6-21/h2-14,24,29H,15-20H2,1H3. The van der Waals surface area contributed by atoms with Gasteiger partial charge in [-0.25, -0.2) is 0 Å². The SMILES string of the molecule is COc1ccc(N2CCN(CC(O)COc3ccc(-c4ccccc4)cc3)CC2)cc1. The first-order valence-corrected chi connectivity index (χ1v) is 10.8. The molecule has 162 valence electrons. The predicted octanol–water partition coefficient (Wildman–Crippen LogP) is 3.92. The van der Waals surface area contributed by atoms with Gasteiger partial charge in [0, 0.05) is 38.4 Å². The van der Waals surface area contributed by atoms with Crippen molar-refractivity contribution in [2.75, 3.05) is 51.3 Å². The van der Waals surface area contributed by atoms with E-state index in [1.54, 1.807) is 7.11 Å². The summed E-state index contributed by atoms with van der Waals surface area (Å²) in [6.07, 6.45) is -0.513. The van der Waals surface area contributed by atoms with Crippen LogP contribution in [0.2, 0.25) is 0 Å². The van der Waals surface area contributed by atoms with Gasteiger partial charge in [0.25, 0.3) is 0 Å². The molecule has 0 amide bonds. The molecule has 0 radical (unpaired) electrons. The number of hydrogen-bond acceptors (Lipinski definition) is 5. The summed E-state index contributed by atoms with van der Waals surface area (Å²) in [7, 11) is 1.68. The van der Waals surface area contributed by atoms with Gasteiger partial charge in [0.2, 0.25) is 0 Å². The van der Waals surface area contributed by atoms with E-state index in [1.807, 2.05) is 42.5 Å². The number of anilines is 1. The lowest BCUT2D eigenvalue weighted by Crippen LogP contribution is -2.49. The maximum Gasteiger partial charge on any atom is 0.119 e. The number of aliphatic hydroxyl groups is 1. The van der Waals surface area contributed by atoms with Crippen LogP contribution in [-0.2, 0) is 0 Å². The number of ether oxygens (including phenoxy) is 2. The van der Waals surface area contributed by atoms with Gasteiger partial charge in [-0.15, -0.1) is 0 Å². The monoisotopic (exact) mass is 418 g/mol. The minimum absolute atomic E-state index is 0.295. The Bertz CT molecular complexity index is 921. The van der Waals surface area contributed by atoms with Crippen LogP contribution in [0.5, 0.6) is 11.5 Å². The maximum atomic E-state index is 10.4. The van der Waals surface area contributed by atoms with Crippen molar-refractivity contribution in [3.63, 3.8) is 0 Å². The minimum atomic E-state index is -0.513. The quantitative estimate of drug-likeness (QED) is 0.601. The van der Waals surface area contributed by atoms with E-state index in [-0.39, 0.29) is 0 Å². The number of aliphatic hydroxyl groups excluding tert-OH is 1. The van der Waals surface area contributed by atoms with Crippen LogP contribution in [0, 0.1) is 0 Å². The fraction of sp³-hybridized carbons (Fsp3) is 0.308. The molecule has 1 saturated heterocycles. The van der Waals surface area contributed by atoms with E-state index in [1.165, 1.54) is 11.3 Å². The molecule has 0 spiro atoms. The molecule has 5 heteroatoms. The highest BCUT2D eigenvalue weighted by molar-refractivity contribution is 5.63. The molecular weight excluding hydrogens is 388 g/mol. The zero-order valence-electron chi connectivity index (χ0n) is 18.0. The summed E-state index contributed by atoms with van der Waals surface area (Å²) in [5.74, 6) is 1.66. The van der Waals surface area contributed by atoms with Crippen LogP contribution < -0.4 is 14.4 Å². The van der Waals surface area contributed by atoms with Crippen molar-refractivity contribution in [1.82, 2.24) is 4.90 Å². The Hall–Kier alpha value is -3.02. The van der Waals surface area contributed by atoms with Gasteiger partial charge < -0.3 is 19.5 Å². The minimum Gasteiger partial charge on any atom is -0.497 e. The molecule has 1 atom stereocenters. The fourth-order valence-electron chi connectivity index (χ4n) is 3.90. The van der Waals surface area contributed by atoms with Crippen molar-refractivity contribution in [3.05, 3.63) is 78.9 Å². The Balaban J connectivity index is 1.20. The van der Waals surface area contributed by atoms with E-state index in [9.17, 15) is 5.11 Å². The van der Waals surface area contributed by atoms with Crippen molar-refractivity contribution in [2.24, 2.45) is 0 Å². The van der Waals surface area contributed by atoms with Crippen LogP contribution in [0.4, 0.5) is 5.69 Å². The van der Waals surface area contributed by atoms with Gasteiger partial charge in [-0.2, -0.15) is 0 Å². The van der Waals surface area contributed by atoms with Gasteiger partial charge >= 0.3 is 0 Å². The molecule has 0 aliphatic carbocycles. The zero-order chi connectivity index (χ0) is 21.5. The van der Waals surface area contributed by atoms with Crippen LogP contribution in [0.1, 0.15) is 0 Å². The number of rotatable bonds is 8. The lowest BCUT2D eigenvalue weighted by Gasteiger charge is -2.36. The first-order valence-electron chi connectivity index (χ1n) is 10.8. The molecule has 0 saturated carbocycles. The summed E-state index contributed by atoms with van der Waals surface area (Å²) in [4.78, 5) is 4.67. The second-order valence-electron chi connectivity index (χ2n) is 7.84. The van der Waals surface area contributed by atoms with Gasteiger partial charge in [0.1, 0.15) is 24.2 Å². The highest BCUT2D eigenvalue weighted by Gasteiger charge is 2.20. The van der Waals surface area contributed by atoms with Gasteiger partial charge in [-0.05, 0) is 47.5 Å². The molecule has 0 aromatic heterocycles. The smallest absolute Gasteiger partial charge is 0.119 e. The van der Waals surface area contributed by atoms with Gasteiger partial charge in [-0.3, -0.25) is 4.90 Å². The molecule has 1 heterocycles. The molecule has 1 N–H and O–H groups in total. The first-order chi connectivity index (χ1) is 15.2. The summed E-state index contributed by atoms with van der Waals surface area (Å²) in [6, 6.07) is 26.5. The van der Waals surface area contributed by atoms with Crippen LogP contribution in [0.3, 0.4) is 0 Å². The molecule has 3 aromatic carbocycles. The fourth-order valence-corrected chi connectivity index (χ4v) is 3.90. The zero-order valence-corrected chi connectivity index (χ0v) is 18.0. The van der Waals surface area contributed by atoms with Gasteiger partial charge in [-0.1, -0.05) is 42.5 Å². The summed E-state index contributed by atoms with van der Waals surface area (Å²) in [5, 5.41) is 10.4. The lowest BCUT2D eigenvalue weighted by atomic mass is 10.1. The summed E-state index contributed by atoms with van der Waals surface area (Å²) < 4.78 is 11.0. The molecule has 5 nitrogen and oxygen atoms in total. The Morgan fingerprint density at radius 3 is 2.03 bits per heavy atom. The van der Waals surface area contributed by atoms with Crippen molar-refractivity contribution in [2.45, 2.75) is 6.10 Å². The Labute approximate surface area is 184 Å². The summed E-state index contributed by atoms with van der Waals surface area (Å²) >= 11 is 0. The highest BCUT2D eigenvalue weighted by atomic mass is 16.5. The second-order valence-corrected chi connectivity index (χ2v) is 7.84. The highest BCUT2D eigenvalue weighted by Crippen LogP contribution is 2.23. The van der Waals surface area contributed by atoms with E-state index in [0.717, 1.165) is 43.2 Å². The van der Waals surface area contributed by atoms with Gasteiger partial charge in [0.15, 0.2) is 0 Å². The van der Waals surface area contributed by atoms with E-state index in [2.05, 4.69) is 46.2 Å². The normalized spacial score (nSPS) is 15.5. The number of methoxy groups -OCH3 is 1. The first kappa shape index (κ1) is 21.2. The van der Waals surface area contributed by atoms with E-state index in [4.69, 9.17) is 9.47 Å². The maximum absolute atomic E-state index is 10.4. The van der Waals surface area contributed by atoms with Crippen molar-refractivity contribution in [3.8, 4) is 22.6 Å². The summed E-state index contributed by atoms with van der Waals surface area (Å²) in [5.41, 5.74) is 3.55. The predicted molar refractivity (Wildman–Crippen MR) is 125 cm³/mol. The van der Waals surface area contributed by atoms with Crippen LogP contribution in [0.15, 0.2) is 78.9 Å². The van der Waals surface area contributed by atoms with E-state index in [0.29, 0.717) is 13.2 Å². The topological polar surface area (TPSA) is 45.2 Å². The average molecular weight is 419 g/mol. The number of hydrogen-bond donors (Lipinski definition) is 1. The molecule has 0 bridgehead atoms. The summed E-state index contributed by atoms with van der Waals surface area (Å²) in [6.45, 7) is 4.66. The van der Waals surface area contributed by atoms with Gasteiger partial charge in [0.05, 0.1) is 7.11 Å². The van der Waals surface area contributed by atoms with E-state index < -0.39 is 6.10 Å². The second kappa shape index (κ2) is 10.3. The third-order valence-electron chi connectivity index (χ3n) is 5.68. The number of piperazine rings is 1. The number of β-amino-alcohol motifs (C(OH)–C–C–N with tert-alkyl or cyclic N) is 1. The van der Waals surface area contributed by atoms with Crippen LogP contribution in [-0.4, -0.2) is 62.6 Å². The lowest BCUT2D eigenvalue weighted by molar-refractivity contribution is 0.0663. The molecule has 1 unspecified atom stereocenters.